The number of imidazole rings is 1. The molecule has 0 radical (unpaired) electrons. The highest BCUT2D eigenvalue weighted by molar-refractivity contribution is 6.37. The fraction of sp³-hybridized carbons (Fsp3) is 0.417. The molecule has 0 atom stereocenters. The van der Waals surface area contributed by atoms with Gasteiger partial charge in [0.05, 0.1) is 28.2 Å². The fourth-order valence-corrected chi connectivity index (χ4v) is 5.16. The van der Waals surface area contributed by atoms with Gasteiger partial charge in [-0.15, -0.1) is 0 Å². The molecule has 0 unspecified atom stereocenters. The number of hydrogen-bond acceptors (Lipinski definition) is 6. The van der Waals surface area contributed by atoms with Gasteiger partial charge in [0.2, 0.25) is 0 Å². The molecular formula is C24H29ClN8O. The van der Waals surface area contributed by atoms with Gasteiger partial charge >= 0.3 is 0 Å². The summed E-state index contributed by atoms with van der Waals surface area (Å²) < 4.78 is 3.60. The smallest absolute Gasteiger partial charge is 0.260 e. The lowest BCUT2D eigenvalue weighted by Gasteiger charge is -2.34. The van der Waals surface area contributed by atoms with E-state index in [4.69, 9.17) is 11.6 Å². The molecule has 178 valence electrons. The molecule has 0 spiro atoms. The molecule has 1 saturated heterocycles. The summed E-state index contributed by atoms with van der Waals surface area (Å²) in [7, 11) is 1.86. The second kappa shape index (κ2) is 8.88. The van der Waals surface area contributed by atoms with Crippen molar-refractivity contribution in [3.8, 4) is 0 Å². The Bertz CT molecular complexity index is 1380. The summed E-state index contributed by atoms with van der Waals surface area (Å²) in [6.07, 6.45) is 7.75. The van der Waals surface area contributed by atoms with Crippen molar-refractivity contribution in [2.24, 2.45) is 7.05 Å². The van der Waals surface area contributed by atoms with E-state index in [2.05, 4.69) is 37.5 Å². The SMILES string of the molecule is CCNC1CCN(c2cc(Cl)c(C(=O)Nc3cn4cc(C)nc(C)c4n3)c3nn(C)cc23)CC1. The summed E-state index contributed by atoms with van der Waals surface area (Å²) in [5.41, 5.74) is 4.34. The maximum atomic E-state index is 13.4. The zero-order chi connectivity index (χ0) is 24.0. The van der Waals surface area contributed by atoms with Crippen molar-refractivity contribution in [1.82, 2.24) is 29.5 Å². The van der Waals surface area contributed by atoms with Crippen molar-refractivity contribution in [1.29, 1.82) is 0 Å². The number of halogens is 1. The van der Waals surface area contributed by atoms with Crippen LogP contribution in [0.3, 0.4) is 0 Å². The lowest BCUT2D eigenvalue weighted by molar-refractivity contribution is 0.102. The molecule has 34 heavy (non-hydrogen) atoms. The van der Waals surface area contributed by atoms with Gasteiger partial charge in [-0.1, -0.05) is 18.5 Å². The van der Waals surface area contributed by atoms with Crippen LogP contribution in [-0.2, 0) is 7.05 Å². The first-order valence-electron chi connectivity index (χ1n) is 11.6. The van der Waals surface area contributed by atoms with Crippen LogP contribution in [-0.4, -0.2) is 55.7 Å². The second-order valence-corrected chi connectivity index (χ2v) is 9.32. The third-order valence-electron chi connectivity index (χ3n) is 6.37. The van der Waals surface area contributed by atoms with E-state index >= 15 is 0 Å². The van der Waals surface area contributed by atoms with E-state index in [0.29, 0.717) is 33.6 Å². The number of hydrogen-bond donors (Lipinski definition) is 2. The number of amides is 1. The van der Waals surface area contributed by atoms with Gasteiger partial charge in [-0.3, -0.25) is 14.5 Å². The van der Waals surface area contributed by atoms with Crippen LogP contribution in [0, 0.1) is 13.8 Å². The number of aryl methyl sites for hydroxylation is 3. The van der Waals surface area contributed by atoms with Gasteiger partial charge in [-0.2, -0.15) is 5.10 Å². The molecule has 2 N–H and O–H groups in total. The molecule has 5 rings (SSSR count). The number of benzene rings is 1. The van der Waals surface area contributed by atoms with Gasteiger partial charge in [0.25, 0.3) is 5.91 Å². The lowest BCUT2D eigenvalue weighted by Crippen LogP contribution is -2.42. The van der Waals surface area contributed by atoms with Gasteiger partial charge in [0.15, 0.2) is 11.5 Å². The summed E-state index contributed by atoms with van der Waals surface area (Å²) in [5, 5.41) is 12.3. The van der Waals surface area contributed by atoms with Crippen LogP contribution in [0.4, 0.5) is 11.5 Å². The minimum absolute atomic E-state index is 0.336. The zero-order valence-electron chi connectivity index (χ0n) is 19.9. The van der Waals surface area contributed by atoms with Crippen LogP contribution >= 0.6 is 11.6 Å². The van der Waals surface area contributed by atoms with Crippen LogP contribution in [0.5, 0.6) is 0 Å². The average Bonchev–Trinajstić information content (AvgIpc) is 3.36. The fourth-order valence-electron chi connectivity index (χ4n) is 4.88. The molecule has 0 aliphatic carbocycles. The Hall–Kier alpha value is -3.17. The largest absolute Gasteiger partial charge is 0.371 e. The summed E-state index contributed by atoms with van der Waals surface area (Å²) in [5.74, 6) is 0.104. The minimum Gasteiger partial charge on any atom is -0.371 e. The van der Waals surface area contributed by atoms with Crippen molar-refractivity contribution >= 4 is 45.6 Å². The summed E-state index contributed by atoms with van der Waals surface area (Å²) >= 11 is 6.72. The topological polar surface area (TPSA) is 92.4 Å². The highest BCUT2D eigenvalue weighted by Crippen LogP contribution is 2.36. The number of aromatic nitrogens is 5. The molecule has 4 heterocycles. The average molecular weight is 481 g/mol. The Morgan fingerprint density at radius 3 is 2.68 bits per heavy atom. The predicted molar refractivity (Wildman–Crippen MR) is 135 cm³/mol. The summed E-state index contributed by atoms with van der Waals surface area (Å²) in [6, 6.07) is 2.44. The normalized spacial score (nSPS) is 14.9. The third kappa shape index (κ3) is 4.10. The Morgan fingerprint density at radius 2 is 1.94 bits per heavy atom. The van der Waals surface area contributed by atoms with Crippen molar-refractivity contribution < 1.29 is 4.79 Å². The Labute approximate surface area is 203 Å². The number of nitrogens with one attached hydrogen (secondary N) is 2. The number of rotatable bonds is 5. The highest BCUT2D eigenvalue weighted by atomic mass is 35.5. The van der Waals surface area contributed by atoms with Crippen LogP contribution in [0.25, 0.3) is 16.6 Å². The highest BCUT2D eigenvalue weighted by Gasteiger charge is 2.26. The van der Waals surface area contributed by atoms with E-state index in [-0.39, 0.29) is 5.91 Å². The number of nitrogens with zero attached hydrogens (tertiary/aromatic N) is 6. The van der Waals surface area contributed by atoms with E-state index in [0.717, 1.165) is 54.9 Å². The molecule has 1 aliphatic rings. The number of piperidine rings is 1. The van der Waals surface area contributed by atoms with E-state index in [1.165, 1.54) is 0 Å². The maximum absolute atomic E-state index is 13.4. The van der Waals surface area contributed by atoms with Gasteiger partial charge in [-0.05, 0) is 39.3 Å². The molecule has 1 amide bonds. The van der Waals surface area contributed by atoms with Crippen LogP contribution < -0.4 is 15.5 Å². The number of carbonyl (C=O) groups excluding carboxylic acids is 1. The van der Waals surface area contributed by atoms with Gasteiger partial charge in [0.1, 0.15) is 5.52 Å². The molecular weight excluding hydrogens is 452 g/mol. The molecule has 4 aromatic rings. The molecule has 1 fully saturated rings. The third-order valence-corrected chi connectivity index (χ3v) is 6.66. The lowest BCUT2D eigenvalue weighted by atomic mass is 10.0. The molecule has 9 nitrogen and oxygen atoms in total. The van der Waals surface area contributed by atoms with Gasteiger partial charge in [0, 0.05) is 49.6 Å². The summed E-state index contributed by atoms with van der Waals surface area (Å²) in [4.78, 5) is 24.7. The number of fused-ring (bicyclic) bond motifs is 2. The molecule has 10 heteroatoms. The zero-order valence-corrected chi connectivity index (χ0v) is 20.6. The first-order chi connectivity index (χ1) is 16.3. The molecule has 1 aliphatic heterocycles. The van der Waals surface area contributed by atoms with E-state index in [1.54, 1.807) is 10.9 Å². The Kier molecular flexibility index (Phi) is 5.91. The monoisotopic (exact) mass is 480 g/mol. The van der Waals surface area contributed by atoms with Gasteiger partial charge < -0.3 is 19.9 Å². The van der Waals surface area contributed by atoms with Crippen molar-refractivity contribution in [2.45, 2.75) is 39.7 Å². The number of carbonyl (C=O) groups is 1. The predicted octanol–water partition coefficient (Wildman–Crippen LogP) is 3.72. The summed E-state index contributed by atoms with van der Waals surface area (Å²) in [6.45, 7) is 8.80. The van der Waals surface area contributed by atoms with E-state index < -0.39 is 0 Å². The molecule has 3 aromatic heterocycles. The van der Waals surface area contributed by atoms with Crippen molar-refractivity contribution in [3.05, 3.63) is 46.6 Å². The maximum Gasteiger partial charge on any atom is 0.260 e. The molecule has 0 bridgehead atoms. The second-order valence-electron chi connectivity index (χ2n) is 8.92. The standard InChI is InChI=1S/C24H29ClN8O/c1-5-26-16-6-8-32(9-7-16)19-10-18(25)21(22-17(19)12-31(4)30-22)24(34)29-20-13-33-11-14(2)27-15(3)23(33)28-20/h10-13,16,26H,5-9H2,1-4H3,(H,29,34). The minimum atomic E-state index is -0.336. The van der Waals surface area contributed by atoms with Gasteiger partial charge in [-0.25, -0.2) is 4.98 Å². The number of anilines is 2. The van der Waals surface area contributed by atoms with Crippen molar-refractivity contribution in [3.63, 3.8) is 0 Å². The van der Waals surface area contributed by atoms with Crippen LogP contribution in [0.15, 0.2) is 24.7 Å². The first kappa shape index (κ1) is 22.6. The Balaban J connectivity index is 1.47. The van der Waals surface area contributed by atoms with E-state index in [1.807, 2.05) is 43.8 Å². The van der Waals surface area contributed by atoms with Crippen molar-refractivity contribution in [2.75, 3.05) is 29.9 Å². The quantitative estimate of drug-likeness (QED) is 0.452. The first-order valence-corrected chi connectivity index (χ1v) is 12.0. The molecule has 1 aromatic carbocycles. The van der Waals surface area contributed by atoms with Crippen LogP contribution in [0.1, 0.15) is 41.5 Å². The molecule has 0 saturated carbocycles. The van der Waals surface area contributed by atoms with Crippen LogP contribution in [0.2, 0.25) is 5.02 Å². The Morgan fingerprint density at radius 1 is 1.18 bits per heavy atom. The van der Waals surface area contributed by atoms with E-state index in [9.17, 15) is 4.79 Å².